The Kier molecular flexibility index (Phi) is 3.17. The van der Waals surface area contributed by atoms with Crippen molar-refractivity contribution in [3.05, 3.63) is 39.4 Å². The Morgan fingerprint density at radius 2 is 2.25 bits per heavy atom. The van der Waals surface area contributed by atoms with Gasteiger partial charge in [0.2, 0.25) is 0 Å². The van der Waals surface area contributed by atoms with Gasteiger partial charge in [-0.3, -0.25) is 10.1 Å². The van der Waals surface area contributed by atoms with Gasteiger partial charge in [-0.05, 0) is 12.5 Å². The lowest BCUT2D eigenvalue weighted by Crippen LogP contribution is -2.42. The Hall–Kier alpha value is -1.46. The van der Waals surface area contributed by atoms with Gasteiger partial charge in [0.25, 0.3) is 5.69 Å². The summed E-state index contributed by atoms with van der Waals surface area (Å²) in [5.41, 5.74) is 1.88. The molecule has 2 N–H and O–H groups in total. The second-order valence-electron chi connectivity index (χ2n) is 4.01. The van der Waals surface area contributed by atoms with Crippen molar-refractivity contribution in [1.29, 1.82) is 0 Å². The van der Waals surface area contributed by atoms with Crippen LogP contribution in [0.3, 0.4) is 0 Å². The Labute approximate surface area is 94.0 Å². The lowest BCUT2D eigenvalue weighted by Gasteiger charge is -2.24. The molecule has 1 aromatic carbocycles. The summed E-state index contributed by atoms with van der Waals surface area (Å²) in [6, 6.07) is 5.60. The maximum atomic E-state index is 10.8. The van der Waals surface area contributed by atoms with Crippen LogP contribution < -0.4 is 10.6 Å². The van der Waals surface area contributed by atoms with Crippen molar-refractivity contribution in [2.75, 3.05) is 19.6 Å². The van der Waals surface area contributed by atoms with E-state index in [1.54, 1.807) is 13.0 Å². The number of benzene rings is 1. The SMILES string of the molecule is Cc1ccc([C@H]2CNCCN2)cc1[N+](=O)[O-]. The van der Waals surface area contributed by atoms with Gasteiger partial charge in [-0.15, -0.1) is 0 Å². The van der Waals surface area contributed by atoms with Gasteiger partial charge in [0, 0.05) is 37.3 Å². The van der Waals surface area contributed by atoms with E-state index in [4.69, 9.17) is 0 Å². The van der Waals surface area contributed by atoms with Crippen LogP contribution in [0.4, 0.5) is 5.69 Å². The largest absolute Gasteiger partial charge is 0.314 e. The molecule has 1 aromatic rings. The standard InChI is InChI=1S/C11H15N3O2/c1-8-2-3-9(6-11(8)14(15)16)10-7-12-4-5-13-10/h2-3,6,10,12-13H,4-5,7H2,1H3/t10-/m1/s1. The number of hydrogen-bond acceptors (Lipinski definition) is 4. The zero-order valence-electron chi connectivity index (χ0n) is 9.19. The summed E-state index contributed by atoms with van der Waals surface area (Å²) < 4.78 is 0. The van der Waals surface area contributed by atoms with Gasteiger partial charge >= 0.3 is 0 Å². The van der Waals surface area contributed by atoms with E-state index in [1.165, 1.54) is 0 Å². The van der Waals surface area contributed by atoms with E-state index in [2.05, 4.69) is 10.6 Å². The molecule has 1 aliphatic heterocycles. The Balaban J connectivity index is 2.27. The normalized spacial score (nSPS) is 20.7. The summed E-state index contributed by atoms with van der Waals surface area (Å²) in [5.74, 6) is 0. The number of nitro groups is 1. The predicted octanol–water partition coefficient (Wildman–Crippen LogP) is 1.14. The lowest BCUT2D eigenvalue weighted by atomic mass is 10.0. The van der Waals surface area contributed by atoms with Crippen LogP contribution in [0.1, 0.15) is 17.2 Å². The van der Waals surface area contributed by atoms with Crippen LogP contribution in [-0.4, -0.2) is 24.6 Å². The first-order chi connectivity index (χ1) is 7.68. The van der Waals surface area contributed by atoms with Gasteiger partial charge < -0.3 is 10.6 Å². The Bertz CT molecular complexity index is 400. The smallest absolute Gasteiger partial charge is 0.272 e. The third kappa shape index (κ3) is 2.20. The summed E-state index contributed by atoms with van der Waals surface area (Å²) in [7, 11) is 0. The van der Waals surface area contributed by atoms with E-state index in [1.807, 2.05) is 12.1 Å². The van der Waals surface area contributed by atoms with Crippen molar-refractivity contribution in [3.63, 3.8) is 0 Å². The molecule has 1 aliphatic rings. The molecule has 1 atom stereocenters. The molecule has 0 unspecified atom stereocenters. The lowest BCUT2D eigenvalue weighted by molar-refractivity contribution is -0.385. The zero-order chi connectivity index (χ0) is 11.5. The van der Waals surface area contributed by atoms with Crippen molar-refractivity contribution < 1.29 is 4.92 Å². The molecule has 5 nitrogen and oxygen atoms in total. The van der Waals surface area contributed by atoms with Crippen molar-refractivity contribution >= 4 is 5.69 Å². The third-order valence-corrected chi connectivity index (χ3v) is 2.87. The molecule has 0 radical (unpaired) electrons. The minimum absolute atomic E-state index is 0.174. The molecule has 1 heterocycles. The number of nitro benzene ring substituents is 1. The number of aryl methyl sites for hydroxylation is 1. The van der Waals surface area contributed by atoms with Crippen molar-refractivity contribution in [2.45, 2.75) is 13.0 Å². The van der Waals surface area contributed by atoms with Gasteiger partial charge in [-0.1, -0.05) is 12.1 Å². The van der Waals surface area contributed by atoms with Crippen LogP contribution in [-0.2, 0) is 0 Å². The fourth-order valence-electron chi connectivity index (χ4n) is 1.93. The average molecular weight is 221 g/mol. The van der Waals surface area contributed by atoms with Gasteiger partial charge in [0.1, 0.15) is 0 Å². The summed E-state index contributed by atoms with van der Waals surface area (Å²) in [6.07, 6.45) is 0. The van der Waals surface area contributed by atoms with Crippen LogP contribution in [0.5, 0.6) is 0 Å². The quantitative estimate of drug-likeness (QED) is 0.580. The molecule has 0 saturated carbocycles. The zero-order valence-corrected chi connectivity index (χ0v) is 9.19. The number of nitrogens with zero attached hydrogens (tertiary/aromatic N) is 1. The van der Waals surface area contributed by atoms with E-state index in [0.29, 0.717) is 5.56 Å². The van der Waals surface area contributed by atoms with Crippen LogP contribution in [0, 0.1) is 17.0 Å². The molecule has 0 bridgehead atoms. The van der Waals surface area contributed by atoms with Crippen LogP contribution in [0.2, 0.25) is 0 Å². The monoisotopic (exact) mass is 221 g/mol. The molecular weight excluding hydrogens is 206 g/mol. The molecule has 86 valence electrons. The summed E-state index contributed by atoms with van der Waals surface area (Å²) >= 11 is 0. The molecular formula is C11H15N3O2. The molecule has 1 saturated heterocycles. The molecule has 5 heteroatoms. The topological polar surface area (TPSA) is 67.2 Å². The Morgan fingerprint density at radius 3 is 2.88 bits per heavy atom. The highest BCUT2D eigenvalue weighted by Gasteiger charge is 2.18. The third-order valence-electron chi connectivity index (χ3n) is 2.87. The second-order valence-corrected chi connectivity index (χ2v) is 4.01. The van der Waals surface area contributed by atoms with Gasteiger partial charge in [0.15, 0.2) is 0 Å². The van der Waals surface area contributed by atoms with Crippen molar-refractivity contribution in [2.24, 2.45) is 0 Å². The van der Waals surface area contributed by atoms with E-state index >= 15 is 0 Å². The number of nitrogens with one attached hydrogen (secondary N) is 2. The first kappa shape index (κ1) is 11.0. The average Bonchev–Trinajstić information content (AvgIpc) is 2.30. The predicted molar refractivity (Wildman–Crippen MR) is 61.4 cm³/mol. The van der Waals surface area contributed by atoms with Crippen LogP contribution >= 0.6 is 0 Å². The molecule has 0 aliphatic carbocycles. The Morgan fingerprint density at radius 1 is 1.44 bits per heavy atom. The summed E-state index contributed by atoms with van der Waals surface area (Å²) in [5, 5.41) is 17.4. The maximum absolute atomic E-state index is 10.8. The van der Waals surface area contributed by atoms with E-state index in [0.717, 1.165) is 25.2 Å². The highest BCUT2D eigenvalue weighted by atomic mass is 16.6. The number of hydrogen-bond donors (Lipinski definition) is 2. The second kappa shape index (κ2) is 4.59. The fraction of sp³-hybridized carbons (Fsp3) is 0.455. The molecule has 0 spiro atoms. The van der Waals surface area contributed by atoms with Gasteiger partial charge in [-0.2, -0.15) is 0 Å². The number of rotatable bonds is 2. The van der Waals surface area contributed by atoms with E-state index in [-0.39, 0.29) is 16.7 Å². The highest BCUT2D eigenvalue weighted by molar-refractivity contribution is 5.43. The molecule has 1 fully saturated rings. The van der Waals surface area contributed by atoms with Gasteiger partial charge in [-0.25, -0.2) is 0 Å². The minimum atomic E-state index is -0.324. The van der Waals surface area contributed by atoms with Gasteiger partial charge in [0.05, 0.1) is 4.92 Å². The van der Waals surface area contributed by atoms with Crippen molar-refractivity contribution in [1.82, 2.24) is 10.6 Å². The highest BCUT2D eigenvalue weighted by Crippen LogP contribution is 2.23. The van der Waals surface area contributed by atoms with E-state index < -0.39 is 0 Å². The summed E-state index contributed by atoms with van der Waals surface area (Å²) in [4.78, 5) is 10.5. The van der Waals surface area contributed by atoms with Crippen LogP contribution in [0.25, 0.3) is 0 Å². The molecule has 16 heavy (non-hydrogen) atoms. The summed E-state index contributed by atoms with van der Waals surface area (Å²) in [6.45, 7) is 4.42. The number of piperazine rings is 1. The first-order valence-corrected chi connectivity index (χ1v) is 5.37. The first-order valence-electron chi connectivity index (χ1n) is 5.37. The van der Waals surface area contributed by atoms with E-state index in [9.17, 15) is 10.1 Å². The van der Waals surface area contributed by atoms with Crippen LogP contribution in [0.15, 0.2) is 18.2 Å². The maximum Gasteiger partial charge on any atom is 0.272 e. The van der Waals surface area contributed by atoms with Crippen molar-refractivity contribution in [3.8, 4) is 0 Å². The fourth-order valence-corrected chi connectivity index (χ4v) is 1.93. The molecule has 0 amide bonds. The molecule has 0 aromatic heterocycles. The minimum Gasteiger partial charge on any atom is -0.314 e. The molecule has 2 rings (SSSR count).